The summed E-state index contributed by atoms with van der Waals surface area (Å²) in [5.74, 6) is -3.05. The van der Waals surface area contributed by atoms with Crippen LogP contribution in [0.5, 0.6) is 0 Å². The van der Waals surface area contributed by atoms with Crippen molar-refractivity contribution >= 4 is 6.09 Å². The Balaban J connectivity index is 2.53. The molecule has 0 saturated carbocycles. The Bertz CT molecular complexity index is 316. The molecule has 1 fully saturated rings. The lowest BCUT2D eigenvalue weighted by Gasteiger charge is -2.35. The first-order chi connectivity index (χ1) is 8.63. The Morgan fingerprint density at radius 1 is 1.42 bits per heavy atom. The van der Waals surface area contributed by atoms with E-state index >= 15 is 0 Å². The van der Waals surface area contributed by atoms with Crippen LogP contribution in [0.15, 0.2) is 0 Å². The highest BCUT2D eigenvalue weighted by Crippen LogP contribution is 2.29. The van der Waals surface area contributed by atoms with E-state index in [1.165, 1.54) is 4.90 Å². The largest absolute Gasteiger partial charge is 0.444 e. The first-order valence-electron chi connectivity index (χ1n) is 6.69. The van der Waals surface area contributed by atoms with Crippen LogP contribution in [0.25, 0.3) is 0 Å². The number of hydrogen-bond acceptors (Lipinski definition) is 3. The Morgan fingerprint density at radius 3 is 2.58 bits per heavy atom. The average molecular weight is 278 g/mol. The minimum absolute atomic E-state index is 0.209. The first kappa shape index (κ1) is 16.1. The lowest BCUT2D eigenvalue weighted by molar-refractivity contribution is -0.0292. The third kappa shape index (κ3) is 5.72. The normalized spacial score (nSPS) is 21.4. The van der Waals surface area contributed by atoms with Crippen LogP contribution in [-0.2, 0) is 4.74 Å². The van der Waals surface area contributed by atoms with E-state index in [1.807, 2.05) is 0 Å². The molecule has 1 amide bonds. The van der Waals surface area contributed by atoms with Gasteiger partial charge in [-0.3, -0.25) is 0 Å². The van der Waals surface area contributed by atoms with Gasteiger partial charge in [0.15, 0.2) is 0 Å². The summed E-state index contributed by atoms with van der Waals surface area (Å²) in [5.41, 5.74) is 4.48. The molecule has 1 rings (SSSR count). The molecule has 2 N–H and O–H groups in total. The summed E-state index contributed by atoms with van der Waals surface area (Å²) in [6, 6.07) is 0. The van der Waals surface area contributed by atoms with Crippen molar-refractivity contribution in [3.8, 4) is 0 Å². The van der Waals surface area contributed by atoms with E-state index in [4.69, 9.17) is 10.5 Å². The summed E-state index contributed by atoms with van der Waals surface area (Å²) < 4.78 is 31.8. The van der Waals surface area contributed by atoms with Crippen molar-refractivity contribution < 1.29 is 18.3 Å². The summed E-state index contributed by atoms with van der Waals surface area (Å²) in [6.45, 7) is 5.61. The van der Waals surface area contributed by atoms with Crippen LogP contribution in [0.4, 0.5) is 13.6 Å². The number of carbonyl (C=O) groups excluding carboxylic acids is 1. The molecule has 0 aromatic rings. The van der Waals surface area contributed by atoms with Gasteiger partial charge in [0.25, 0.3) is 5.92 Å². The first-order valence-corrected chi connectivity index (χ1v) is 6.69. The molecule has 0 bridgehead atoms. The molecule has 1 saturated heterocycles. The maximum absolute atomic E-state index is 13.3. The molecule has 1 unspecified atom stereocenters. The summed E-state index contributed by atoms with van der Waals surface area (Å²) in [5, 5.41) is 0. The fourth-order valence-corrected chi connectivity index (χ4v) is 2.23. The van der Waals surface area contributed by atoms with Gasteiger partial charge < -0.3 is 15.4 Å². The van der Waals surface area contributed by atoms with Gasteiger partial charge in [0, 0.05) is 19.5 Å². The molecule has 0 aromatic heterocycles. The highest BCUT2D eigenvalue weighted by molar-refractivity contribution is 5.68. The van der Waals surface area contributed by atoms with Crippen LogP contribution in [0, 0.1) is 5.92 Å². The molecule has 19 heavy (non-hydrogen) atoms. The Morgan fingerprint density at radius 2 is 2.05 bits per heavy atom. The zero-order valence-electron chi connectivity index (χ0n) is 11.9. The van der Waals surface area contributed by atoms with Crippen LogP contribution >= 0.6 is 0 Å². The lowest BCUT2D eigenvalue weighted by atomic mass is 9.92. The quantitative estimate of drug-likeness (QED) is 0.863. The van der Waals surface area contributed by atoms with Crippen molar-refractivity contribution in [1.82, 2.24) is 4.90 Å². The number of rotatable bonds is 3. The average Bonchev–Trinajstić information content (AvgIpc) is 2.26. The topological polar surface area (TPSA) is 55.6 Å². The minimum Gasteiger partial charge on any atom is -0.444 e. The van der Waals surface area contributed by atoms with Crippen LogP contribution in [-0.4, -0.2) is 42.2 Å². The molecule has 0 spiro atoms. The molecule has 6 heteroatoms. The smallest absolute Gasteiger partial charge is 0.410 e. The number of hydrogen-bond donors (Lipinski definition) is 1. The third-order valence-corrected chi connectivity index (χ3v) is 3.06. The SMILES string of the molecule is CC(C)(C)OC(=O)N1CCCC(CC(F)(F)CN)C1. The molecule has 1 atom stereocenters. The number of nitrogens with zero attached hydrogens (tertiary/aromatic N) is 1. The number of likely N-dealkylation sites (tertiary alicyclic amines) is 1. The second-order valence-electron chi connectivity index (χ2n) is 6.20. The maximum atomic E-state index is 13.3. The number of nitrogens with two attached hydrogens (primary N) is 1. The van der Waals surface area contributed by atoms with E-state index in [2.05, 4.69) is 0 Å². The summed E-state index contributed by atoms with van der Waals surface area (Å²) in [7, 11) is 0. The summed E-state index contributed by atoms with van der Waals surface area (Å²) >= 11 is 0. The van der Waals surface area contributed by atoms with Gasteiger partial charge in [0.2, 0.25) is 0 Å². The summed E-state index contributed by atoms with van der Waals surface area (Å²) in [4.78, 5) is 13.4. The number of halogens is 2. The van der Waals surface area contributed by atoms with Gasteiger partial charge in [0.1, 0.15) is 5.60 Å². The fourth-order valence-electron chi connectivity index (χ4n) is 2.23. The molecule has 1 aliphatic rings. The number of alkyl halides is 2. The number of piperidine rings is 1. The van der Waals surface area contributed by atoms with E-state index in [9.17, 15) is 13.6 Å². The Hall–Kier alpha value is -0.910. The molecule has 1 heterocycles. The maximum Gasteiger partial charge on any atom is 0.410 e. The van der Waals surface area contributed by atoms with Crippen molar-refractivity contribution in [3.63, 3.8) is 0 Å². The monoisotopic (exact) mass is 278 g/mol. The molecule has 0 aliphatic carbocycles. The molecule has 1 aliphatic heterocycles. The standard InChI is InChI=1S/C13H24F2N2O2/c1-12(2,3)19-11(18)17-6-4-5-10(8-17)7-13(14,15)9-16/h10H,4-9,16H2,1-3H3. The minimum atomic E-state index is -2.85. The van der Waals surface area contributed by atoms with Gasteiger partial charge in [-0.15, -0.1) is 0 Å². The number of ether oxygens (including phenoxy) is 1. The molecule has 0 aromatic carbocycles. The Kier molecular flexibility index (Phi) is 5.12. The zero-order valence-corrected chi connectivity index (χ0v) is 11.9. The number of carbonyl (C=O) groups is 1. The molecule has 0 radical (unpaired) electrons. The fraction of sp³-hybridized carbons (Fsp3) is 0.923. The van der Waals surface area contributed by atoms with E-state index in [1.54, 1.807) is 20.8 Å². The molecule has 112 valence electrons. The predicted octanol–water partition coefficient (Wildman–Crippen LogP) is 2.62. The second-order valence-corrected chi connectivity index (χ2v) is 6.20. The molecular formula is C13H24F2N2O2. The summed E-state index contributed by atoms with van der Waals surface area (Å²) in [6.07, 6.45) is 0.746. The molecular weight excluding hydrogens is 254 g/mol. The van der Waals surface area contributed by atoms with E-state index in [0.29, 0.717) is 19.5 Å². The van der Waals surface area contributed by atoms with Crippen LogP contribution < -0.4 is 5.73 Å². The highest BCUT2D eigenvalue weighted by atomic mass is 19.3. The van der Waals surface area contributed by atoms with Gasteiger partial charge in [-0.2, -0.15) is 0 Å². The van der Waals surface area contributed by atoms with Crippen LogP contribution in [0.3, 0.4) is 0 Å². The van der Waals surface area contributed by atoms with Gasteiger partial charge in [-0.1, -0.05) is 0 Å². The second kappa shape index (κ2) is 6.03. The molecule has 4 nitrogen and oxygen atoms in total. The number of amides is 1. The van der Waals surface area contributed by atoms with Crippen molar-refractivity contribution in [1.29, 1.82) is 0 Å². The van der Waals surface area contributed by atoms with Crippen LogP contribution in [0.1, 0.15) is 40.0 Å². The van der Waals surface area contributed by atoms with Crippen molar-refractivity contribution in [2.45, 2.75) is 51.6 Å². The van der Waals surface area contributed by atoms with E-state index in [0.717, 1.165) is 6.42 Å². The third-order valence-electron chi connectivity index (χ3n) is 3.06. The van der Waals surface area contributed by atoms with Crippen LogP contribution in [0.2, 0.25) is 0 Å². The van der Waals surface area contributed by atoms with E-state index in [-0.39, 0.29) is 12.3 Å². The van der Waals surface area contributed by atoms with E-state index < -0.39 is 24.2 Å². The predicted molar refractivity (Wildman–Crippen MR) is 69.1 cm³/mol. The van der Waals surface area contributed by atoms with Gasteiger partial charge in [0.05, 0.1) is 6.54 Å². The Labute approximate surface area is 113 Å². The van der Waals surface area contributed by atoms with Crippen molar-refractivity contribution in [3.05, 3.63) is 0 Å². The van der Waals surface area contributed by atoms with Gasteiger partial charge in [-0.05, 0) is 39.5 Å². The lowest BCUT2D eigenvalue weighted by Crippen LogP contribution is -2.44. The zero-order chi connectivity index (χ0) is 14.7. The van der Waals surface area contributed by atoms with Gasteiger partial charge >= 0.3 is 6.09 Å². The highest BCUT2D eigenvalue weighted by Gasteiger charge is 2.35. The van der Waals surface area contributed by atoms with Gasteiger partial charge in [-0.25, -0.2) is 13.6 Å². The van der Waals surface area contributed by atoms with Crippen molar-refractivity contribution in [2.75, 3.05) is 19.6 Å². The van der Waals surface area contributed by atoms with Crippen molar-refractivity contribution in [2.24, 2.45) is 11.7 Å².